The normalized spacial score (nSPS) is 30.9. The van der Waals surface area contributed by atoms with Crippen molar-refractivity contribution in [1.29, 1.82) is 0 Å². The highest BCUT2D eigenvalue weighted by Crippen LogP contribution is 2.33. The van der Waals surface area contributed by atoms with Crippen molar-refractivity contribution >= 4 is 10.8 Å². The Morgan fingerprint density at radius 3 is 2.39 bits per heavy atom. The van der Waals surface area contributed by atoms with Gasteiger partial charge in [-0.2, -0.15) is 0 Å². The van der Waals surface area contributed by atoms with Crippen LogP contribution in [-0.4, -0.2) is 27.3 Å². The van der Waals surface area contributed by atoms with E-state index in [2.05, 4.69) is 39.9 Å². The maximum atomic E-state index is 12.5. The molecule has 108 valence electrons. The Morgan fingerprint density at radius 1 is 1.22 bits per heavy atom. The van der Waals surface area contributed by atoms with Crippen molar-refractivity contribution in [1.82, 2.24) is 5.32 Å². The number of hydrogen-bond acceptors (Lipinski definition) is 2. The van der Waals surface area contributed by atoms with Crippen molar-refractivity contribution in [2.24, 2.45) is 11.8 Å². The monoisotopic (exact) mass is 273 g/mol. The van der Waals surface area contributed by atoms with E-state index >= 15 is 0 Å². The second kappa shape index (κ2) is 7.64. The molecule has 0 aromatic rings. The number of nitrogens with one attached hydrogen (secondary N) is 1. The lowest BCUT2D eigenvalue weighted by molar-refractivity contribution is 0.243. The molecular weight excluding hydrogens is 242 g/mol. The summed E-state index contributed by atoms with van der Waals surface area (Å²) in [5, 5.41) is 4.27. The standard InChI is InChI=1S/C15H31NOS/c1-6-9-16-14-8-7-13(11(2)3)10-15(14)18(17)12(4)5/h11-16H,6-10H2,1-5H3. The Labute approximate surface area is 116 Å². The molecule has 0 heterocycles. The number of rotatable bonds is 6. The second-order valence-corrected chi connectivity index (χ2v) is 8.50. The van der Waals surface area contributed by atoms with Crippen molar-refractivity contribution in [3.63, 3.8) is 0 Å². The maximum absolute atomic E-state index is 12.5. The van der Waals surface area contributed by atoms with Gasteiger partial charge in [0.05, 0.1) is 5.25 Å². The Morgan fingerprint density at radius 2 is 1.89 bits per heavy atom. The van der Waals surface area contributed by atoms with Crippen LogP contribution in [0.5, 0.6) is 0 Å². The fourth-order valence-electron chi connectivity index (χ4n) is 2.94. The third kappa shape index (κ3) is 4.34. The molecule has 1 rings (SSSR count). The van der Waals surface area contributed by atoms with E-state index in [0.29, 0.717) is 11.3 Å². The van der Waals surface area contributed by atoms with Crippen LogP contribution in [0.4, 0.5) is 0 Å². The fourth-order valence-corrected chi connectivity index (χ4v) is 4.63. The maximum Gasteiger partial charge on any atom is 0.0506 e. The van der Waals surface area contributed by atoms with Crippen LogP contribution in [0.3, 0.4) is 0 Å². The summed E-state index contributed by atoms with van der Waals surface area (Å²) in [6.07, 6.45) is 4.80. The first kappa shape index (κ1) is 16.2. The van der Waals surface area contributed by atoms with Gasteiger partial charge in [-0.3, -0.25) is 4.21 Å². The summed E-state index contributed by atoms with van der Waals surface area (Å²) in [4.78, 5) is 0. The highest BCUT2D eigenvalue weighted by molar-refractivity contribution is 7.86. The van der Waals surface area contributed by atoms with Crippen LogP contribution in [0.25, 0.3) is 0 Å². The lowest BCUT2D eigenvalue weighted by Gasteiger charge is -2.38. The van der Waals surface area contributed by atoms with E-state index < -0.39 is 10.8 Å². The van der Waals surface area contributed by atoms with Gasteiger partial charge in [-0.1, -0.05) is 34.6 Å². The Balaban J connectivity index is 2.69. The molecule has 2 nitrogen and oxygen atoms in total. The predicted octanol–water partition coefficient (Wildman–Crippen LogP) is 3.34. The van der Waals surface area contributed by atoms with E-state index in [-0.39, 0.29) is 5.25 Å². The fraction of sp³-hybridized carbons (Fsp3) is 1.00. The summed E-state index contributed by atoms with van der Waals surface area (Å²) >= 11 is 0. The van der Waals surface area contributed by atoms with Crippen LogP contribution >= 0.6 is 0 Å². The molecule has 3 heteroatoms. The van der Waals surface area contributed by atoms with Gasteiger partial charge >= 0.3 is 0 Å². The highest BCUT2D eigenvalue weighted by Gasteiger charge is 2.35. The number of hydrogen-bond donors (Lipinski definition) is 1. The van der Waals surface area contributed by atoms with E-state index in [0.717, 1.165) is 31.2 Å². The molecule has 1 fully saturated rings. The molecule has 1 aliphatic rings. The van der Waals surface area contributed by atoms with Gasteiger partial charge in [-0.25, -0.2) is 0 Å². The molecule has 0 aromatic carbocycles. The van der Waals surface area contributed by atoms with Crippen molar-refractivity contribution in [2.45, 2.75) is 76.8 Å². The molecule has 4 atom stereocenters. The summed E-state index contributed by atoms with van der Waals surface area (Å²) in [6.45, 7) is 12.0. The largest absolute Gasteiger partial charge is 0.313 e. The third-order valence-corrected chi connectivity index (χ3v) is 6.24. The zero-order valence-electron chi connectivity index (χ0n) is 12.7. The Hall–Kier alpha value is 0.110. The summed E-state index contributed by atoms with van der Waals surface area (Å²) < 4.78 is 12.5. The summed E-state index contributed by atoms with van der Waals surface area (Å²) in [5.41, 5.74) is 0. The van der Waals surface area contributed by atoms with E-state index in [9.17, 15) is 4.21 Å². The van der Waals surface area contributed by atoms with Gasteiger partial charge in [0.2, 0.25) is 0 Å². The average Bonchev–Trinajstić information content (AvgIpc) is 2.34. The van der Waals surface area contributed by atoms with Gasteiger partial charge in [0.15, 0.2) is 0 Å². The first-order chi connectivity index (χ1) is 8.47. The van der Waals surface area contributed by atoms with Crippen LogP contribution in [0, 0.1) is 11.8 Å². The Bertz CT molecular complexity index is 265. The van der Waals surface area contributed by atoms with E-state index in [4.69, 9.17) is 0 Å². The zero-order chi connectivity index (χ0) is 13.7. The molecule has 18 heavy (non-hydrogen) atoms. The highest BCUT2D eigenvalue weighted by atomic mass is 32.2. The molecule has 0 radical (unpaired) electrons. The minimum absolute atomic E-state index is 0.284. The molecule has 0 saturated heterocycles. The van der Waals surface area contributed by atoms with Crippen LogP contribution in [0.15, 0.2) is 0 Å². The minimum Gasteiger partial charge on any atom is -0.313 e. The minimum atomic E-state index is -0.691. The SMILES string of the molecule is CCCNC1CCC(C(C)C)CC1S(=O)C(C)C. The molecule has 1 N–H and O–H groups in total. The zero-order valence-corrected chi connectivity index (χ0v) is 13.6. The van der Waals surface area contributed by atoms with Gasteiger partial charge in [0.25, 0.3) is 0 Å². The van der Waals surface area contributed by atoms with E-state index in [1.807, 2.05) is 0 Å². The van der Waals surface area contributed by atoms with Crippen molar-refractivity contribution in [3.8, 4) is 0 Å². The van der Waals surface area contributed by atoms with Crippen LogP contribution in [-0.2, 0) is 10.8 Å². The van der Waals surface area contributed by atoms with Gasteiger partial charge in [0.1, 0.15) is 0 Å². The smallest absolute Gasteiger partial charge is 0.0506 e. The molecule has 0 bridgehead atoms. The van der Waals surface area contributed by atoms with Gasteiger partial charge < -0.3 is 5.32 Å². The van der Waals surface area contributed by atoms with E-state index in [1.165, 1.54) is 12.8 Å². The van der Waals surface area contributed by atoms with Gasteiger partial charge in [-0.15, -0.1) is 0 Å². The molecular formula is C15H31NOS. The predicted molar refractivity (Wildman–Crippen MR) is 81.3 cm³/mol. The molecule has 1 aliphatic carbocycles. The quantitative estimate of drug-likeness (QED) is 0.804. The first-order valence-corrected chi connectivity index (χ1v) is 8.87. The second-order valence-electron chi connectivity index (χ2n) is 6.29. The molecule has 0 aliphatic heterocycles. The first-order valence-electron chi connectivity index (χ1n) is 7.60. The molecule has 0 amide bonds. The Kier molecular flexibility index (Phi) is 6.86. The lowest BCUT2D eigenvalue weighted by Crippen LogP contribution is -2.48. The topological polar surface area (TPSA) is 29.1 Å². The van der Waals surface area contributed by atoms with Gasteiger partial charge in [0, 0.05) is 22.1 Å². The van der Waals surface area contributed by atoms with Crippen LogP contribution in [0.1, 0.15) is 60.3 Å². The summed E-state index contributed by atoms with van der Waals surface area (Å²) in [7, 11) is -0.691. The van der Waals surface area contributed by atoms with Crippen LogP contribution in [0.2, 0.25) is 0 Å². The van der Waals surface area contributed by atoms with Crippen molar-refractivity contribution < 1.29 is 4.21 Å². The lowest BCUT2D eigenvalue weighted by atomic mass is 9.79. The molecule has 0 aromatic heterocycles. The summed E-state index contributed by atoms with van der Waals surface area (Å²) in [5.74, 6) is 1.49. The van der Waals surface area contributed by atoms with Crippen molar-refractivity contribution in [3.05, 3.63) is 0 Å². The van der Waals surface area contributed by atoms with Crippen LogP contribution < -0.4 is 5.32 Å². The third-order valence-electron chi connectivity index (χ3n) is 4.19. The molecule has 1 saturated carbocycles. The van der Waals surface area contributed by atoms with E-state index in [1.54, 1.807) is 0 Å². The average molecular weight is 273 g/mol. The molecule has 0 spiro atoms. The van der Waals surface area contributed by atoms with Crippen molar-refractivity contribution in [2.75, 3.05) is 6.54 Å². The molecule has 4 unspecified atom stereocenters. The summed E-state index contributed by atoms with van der Waals surface area (Å²) in [6, 6.07) is 0.475. The van der Waals surface area contributed by atoms with Gasteiger partial charge in [-0.05, 0) is 44.1 Å².